The average Bonchev–Trinajstić information content (AvgIpc) is 3.67. The van der Waals surface area contributed by atoms with Crippen molar-refractivity contribution in [3.8, 4) is 0 Å². The molecule has 0 N–H and O–H groups in total. The molecule has 5 aliphatic rings. The Balaban J connectivity index is 1.27. The molecule has 6 nitrogen and oxygen atoms in total. The molecule has 2 amide bonds. The normalized spacial score (nSPS) is 31.0. The number of allylic oxidation sites excluding steroid dienone is 2. The minimum Gasteiger partial charge on any atom is -0.453 e. The van der Waals surface area contributed by atoms with Gasteiger partial charge in [0.25, 0.3) is 0 Å². The van der Waals surface area contributed by atoms with Crippen molar-refractivity contribution in [3.63, 3.8) is 0 Å². The van der Waals surface area contributed by atoms with Crippen LogP contribution in [0.4, 0.5) is 0 Å². The number of rotatable bonds is 7. The maximum absolute atomic E-state index is 13.7. The van der Waals surface area contributed by atoms with Gasteiger partial charge in [-0.25, -0.2) is 4.79 Å². The molecule has 2 aromatic carbocycles. The molecule has 0 aromatic heterocycles. The molecule has 2 saturated carbocycles. The number of nitrogens with zero attached hydrogens (tertiary/aromatic N) is 1. The third-order valence-electron chi connectivity index (χ3n) is 8.55. The van der Waals surface area contributed by atoms with Gasteiger partial charge >= 0.3 is 5.97 Å². The van der Waals surface area contributed by atoms with E-state index in [4.69, 9.17) is 4.74 Å². The number of benzene rings is 2. The van der Waals surface area contributed by atoms with Crippen LogP contribution in [0.25, 0.3) is 0 Å². The van der Waals surface area contributed by atoms with Crippen LogP contribution < -0.4 is 0 Å². The van der Waals surface area contributed by atoms with Crippen molar-refractivity contribution in [3.05, 3.63) is 83.4 Å². The van der Waals surface area contributed by atoms with Crippen LogP contribution in [0.1, 0.15) is 34.8 Å². The standard InChI is InChI=1S/C30H29NO5/c1-16-8-10-19(11-9-16)27(32)17(2)36-30(35)24(14-18-6-4-3-5-7-18)31-28(33)25-20-12-13-21(23-15-22(20)23)26(25)29(31)34/h3-13,17,20-26H,14-15H2,1-2H3. The Morgan fingerprint density at radius 3 is 2.08 bits per heavy atom. The number of esters is 1. The predicted octanol–water partition coefficient (Wildman–Crippen LogP) is 3.77. The minimum atomic E-state index is -1.11. The number of aryl methyl sites for hydroxylation is 1. The summed E-state index contributed by atoms with van der Waals surface area (Å²) in [6.07, 6.45) is 4.41. The fourth-order valence-electron chi connectivity index (χ4n) is 6.66. The van der Waals surface area contributed by atoms with Crippen LogP contribution >= 0.6 is 0 Å². The number of carbonyl (C=O) groups excluding carboxylic acids is 4. The van der Waals surface area contributed by atoms with Gasteiger partial charge in [0.2, 0.25) is 17.6 Å². The molecule has 0 spiro atoms. The van der Waals surface area contributed by atoms with E-state index in [0.29, 0.717) is 17.4 Å². The van der Waals surface area contributed by atoms with E-state index in [2.05, 4.69) is 12.2 Å². The number of hydrogen-bond donors (Lipinski definition) is 0. The van der Waals surface area contributed by atoms with Crippen molar-refractivity contribution >= 4 is 23.6 Å². The number of hydrogen-bond acceptors (Lipinski definition) is 5. The van der Waals surface area contributed by atoms with Crippen LogP contribution in [0.2, 0.25) is 0 Å². The second kappa shape index (κ2) is 8.54. The zero-order chi connectivity index (χ0) is 25.1. The lowest BCUT2D eigenvalue weighted by Gasteiger charge is -2.37. The molecular formula is C30H29NO5. The first-order chi connectivity index (χ1) is 17.3. The zero-order valence-corrected chi connectivity index (χ0v) is 20.4. The van der Waals surface area contributed by atoms with Crippen LogP contribution in [0.3, 0.4) is 0 Å². The van der Waals surface area contributed by atoms with Gasteiger partial charge in [0.15, 0.2) is 6.10 Å². The molecule has 36 heavy (non-hydrogen) atoms. The maximum atomic E-state index is 13.7. The summed E-state index contributed by atoms with van der Waals surface area (Å²) in [5, 5.41) is 0. The van der Waals surface area contributed by atoms with E-state index in [1.165, 1.54) is 11.8 Å². The van der Waals surface area contributed by atoms with Gasteiger partial charge in [-0.2, -0.15) is 0 Å². The fraction of sp³-hybridized carbons (Fsp3) is 0.400. The number of ether oxygens (including phenoxy) is 1. The molecule has 8 atom stereocenters. The average molecular weight is 484 g/mol. The van der Waals surface area contributed by atoms with Crippen molar-refractivity contribution in [2.24, 2.45) is 35.5 Å². The summed E-state index contributed by atoms with van der Waals surface area (Å²) >= 11 is 0. The lowest BCUT2D eigenvalue weighted by atomic mass is 9.63. The van der Waals surface area contributed by atoms with Crippen molar-refractivity contribution in [1.82, 2.24) is 4.90 Å². The lowest BCUT2D eigenvalue weighted by molar-refractivity contribution is -0.160. The van der Waals surface area contributed by atoms with Crippen LogP contribution in [-0.2, 0) is 25.5 Å². The van der Waals surface area contributed by atoms with E-state index in [1.54, 1.807) is 12.1 Å². The number of likely N-dealkylation sites (tertiary alicyclic amines) is 1. The Kier molecular flexibility index (Phi) is 5.43. The third-order valence-corrected chi connectivity index (χ3v) is 8.55. The quantitative estimate of drug-likeness (QED) is 0.259. The van der Waals surface area contributed by atoms with E-state index in [-0.39, 0.29) is 35.9 Å². The first kappa shape index (κ1) is 22.9. The summed E-state index contributed by atoms with van der Waals surface area (Å²) in [5.41, 5.74) is 2.28. The molecule has 1 aliphatic heterocycles. The molecule has 4 aliphatic carbocycles. The van der Waals surface area contributed by atoms with Gasteiger partial charge in [-0.1, -0.05) is 72.3 Å². The predicted molar refractivity (Wildman–Crippen MR) is 132 cm³/mol. The monoisotopic (exact) mass is 483 g/mol. The summed E-state index contributed by atoms with van der Waals surface area (Å²) in [6.45, 7) is 3.46. The highest BCUT2D eigenvalue weighted by Crippen LogP contribution is 2.65. The molecule has 1 saturated heterocycles. The summed E-state index contributed by atoms with van der Waals surface area (Å²) in [5.74, 6) is -1.29. The van der Waals surface area contributed by atoms with Gasteiger partial charge in [0.1, 0.15) is 6.04 Å². The molecule has 184 valence electrons. The van der Waals surface area contributed by atoms with E-state index >= 15 is 0 Å². The Bertz CT molecular complexity index is 1230. The topological polar surface area (TPSA) is 80.8 Å². The highest BCUT2D eigenvalue weighted by molar-refractivity contribution is 6.09. The highest BCUT2D eigenvalue weighted by atomic mass is 16.5. The smallest absolute Gasteiger partial charge is 0.330 e. The summed E-state index contributed by atoms with van der Waals surface area (Å²) in [6, 6.07) is 15.3. The molecule has 0 radical (unpaired) electrons. The number of imide groups is 1. The lowest BCUT2D eigenvalue weighted by Crippen LogP contribution is -2.49. The maximum Gasteiger partial charge on any atom is 0.330 e. The SMILES string of the molecule is Cc1ccc(C(=O)C(C)OC(=O)C(Cc2ccccc2)N2C(=O)C3C4C=CC(C5CC45)C3C2=O)cc1. The van der Waals surface area contributed by atoms with E-state index in [1.807, 2.05) is 49.4 Å². The zero-order valence-electron chi connectivity index (χ0n) is 20.4. The minimum absolute atomic E-state index is 0.0712. The molecule has 2 bridgehead atoms. The number of ketones is 1. The number of carbonyl (C=O) groups is 4. The Morgan fingerprint density at radius 1 is 0.917 bits per heavy atom. The van der Waals surface area contributed by atoms with Gasteiger partial charge in [0.05, 0.1) is 11.8 Å². The molecular weight excluding hydrogens is 454 g/mol. The van der Waals surface area contributed by atoms with Crippen molar-refractivity contribution in [2.45, 2.75) is 38.8 Å². The fourth-order valence-corrected chi connectivity index (χ4v) is 6.66. The Morgan fingerprint density at radius 2 is 1.50 bits per heavy atom. The summed E-state index contributed by atoms with van der Waals surface area (Å²) < 4.78 is 5.64. The van der Waals surface area contributed by atoms with Crippen LogP contribution in [0, 0.1) is 42.4 Å². The van der Waals surface area contributed by atoms with Crippen LogP contribution in [-0.4, -0.2) is 40.6 Å². The second-order valence-electron chi connectivity index (χ2n) is 10.7. The third kappa shape index (κ3) is 3.62. The Hall–Kier alpha value is -3.54. The molecule has 2 aromatic rings. The van der Waals surface area contributed by atoms with Crippen molar-refractivity contribution in [2.75, 3.05) is 0 Å². The van der Waals surface area contributed by atoms with Gasteiger partial charge in [-0.3, -0.25) is 19.3 Å². The van der Waals surface area contributed by atoms with Crippen LogP contribution in [0.5, 0.6) is 0 Å². The number of amides is 2. The molecule has 8 unspecified atom stereocenters. The van der Waals surface area contributed by atoms with Gasteiger partial charge in [-0.15, -0.1) is 0 Å². The number of Topliss-reactive ketones (excluding diaryl/α,β-unsaturated/α-hetero) is 1. The summed E-state index contributed by atoms with van der Waals surface area (Å²) in [4.78, 5) is 55.1. The highest BCUT2D eigenvalue weighted by Gasteiger charge is 2.68. The van der Waals surface area contributed by atoms with Crippen molar-refractivity contribution in [1.29, 1.82) is 0 Å². The molecule has 7 rings (SSSR count). The second-order valence-corrected chi connectivity index (χ2v) is 10.7. The van der Waals surface area contributed by atoms with E-state index in [9.17, 15) is 19.2 Å². The summed E-state index contributed by atoms with van der Waals surface area (Å²) in [7, 11) is 0. The first-order valence-corrected chi connectivity index (χ1v) is 12.8. The van der Waals surface area contributed by atoms with E-state index in [0.717, 1.165) is 17.5 Å². The van der Waals surface area contributed by atoms with Crippen LogP contribution in [0.15, 0.2) is 66.7 Å². The first-order valence-electron chi connectivity index (χ1n) is 12.8. The molecule has 3 fully saturated rings. The molecule has 1 heterocycles. The largest absolute Gasteiger partial charge is 0.453 e. The van der Waals surface area contributed by atoms with Gasteiger partial charge in [-0.05, 0) is 49.5 Å². The van der Waals surface area contributed by atoms with E-state index < -0.39 is 30.0 Å². The van der Waals surface area contributed by atoms with Gasteiger partial charge in [0, 0.05) is 12.0 Å². The Labute approximate surface area is 210 Å². The molecule has 6 heteroatoms. The van der Waals surface area contributed by atoms with Gasteiger partial charge < -0.3 is 4.74 Å². The van der Waals surface area contributed by atoms with Crippen molar-refractivity contribution < 1.29 is 23.9 Å².